The Kier molecular flexibility index (Phi) is 8.38. The third-order valence-electron chi connectivity index (χ3n) is 0.767. The Labute approximate surface area is 59.5 Å². The molecule has 0 aliphatic rings. The van der Waals surface area contributed by atoms with Crippen LogP contribution in [0.4, 0.5) is 4.39 Å². The average molecular weight is 179 g/mol. The molecule has 0 radical (unpaired) electrons. The second-order valence-electron chi connectivity index (χ2n) is 1.44. The molecule has 0 aromatic carbocycles. The minimum absolute atomic E-state index is 0.0395. The van der Waals surface area contributed by atoms with Crippen LogP contribution in [-0.2, 0) is 0 Å². The second-order valence-corrected chi connectivity index (χ2v) is 4.90. The van der Waals surface area contributed by atoms with E-state index in [-0.39, 0.29) is 24.9 Å². The quantitative estimate of drug-likeness (QED) is 0.458. The molecule has 0 aromatic rings. The third-order valence-corrected chi connectivity index (χ3v) is 3.22. The van der Waals surface area contributed by atoms with Gasteiger partial charge in [0.05, 0.1) is 6.67 Å². The summed E-state index contributed by atoms with van der Waals surface area (Å²) >= 11 is 3.44. The van der Waals surface area contributed by atoms with Crippen LogP contribution < -0.4 is 0 Å². The standard InChI is InChI=1S/C4H8F.BrH.Mg/c1-2-3-4-5;;/h1-4H2;1H;/q;;+1/p-1. The van der Waals surface area contributed by atoms with E-state index in [1.54, 1.807) is 0 Å². The molecule has 3 heteroatoms. The van der Waals surface area contributed by atoms with Gasteiger partial charge in [-0.2, -0.15) is 0 Å². The summed E-state index contributed by atoms with van der Waals surface area (Å²) in [6, 6.07) is 0. The van der Waals surface area contributed by atoms with Gasteiger partial charge in [-0.1, -0.05) is 6.42 Å². The van der Waals surface area contributed by atoms with Gasteiger partial charge in [-0.25, -0.2) is 0 Å². The summed E-state index contributed by atoms with van der Waals surface area (Å²) in [6.45, 7) is -0.138. The fraction of sp³-hybridized carbons (Fsp3) is 1.00. The first-order chi connectivity index (χ1) is 3.41. The minimum atomic E-state index is -0.138. The molecule has 0 aromatic heterocycles. The molecule has 0 fully saturated rings. The predicted molar refractivity (Wildman–Crippen MR) is 34.7 cm³/mol. The zero-order valence-electron chi connectivity index (χ0n) is 4.29. The highest BCUT2D eigenvalue weighted by molar-refractivity contribution is 9.23. The Morgan fingerprint density at radius 3 is 2.57 bits per heavy atom. The smallest absolute Gasteiger partial charge is 0.307 e. The van der Waals surface area contributed by atoms with Gasteiger partial charge >= 0.3 is 18.2 Å². The van der Waals surface area contributed by atoms with Crippen LogP contribution in [0.3, 0.4) is 0 Å². The first kappa shape index (κ1) is 8.18. The van der Waals surface area contributed by atoms with E-state index >= 15 is 0 Å². The normalized spacial score (nSPS) is 8.29. The van der Waals surface area contributed by atoms with E-state index in [0.29, 0.717) is 0 Å². The molecular weight excluding hydrogens is 171 g/mol. The van der Waals surface area contributed by atoms with Crippen molar-refractivity contribution in [2.24, 2.45) is 0 Å². The van der Waals surface area contributed by atoms with Crippen molar-refractivity contribution in [3.8, 4) is 0 Å². The number of hydrogen-bond donors (Lipinski definition) is 0. The van der Waals surface area contributed by atoms with Gasteiger partial charge in [0.15, 0.2) is 0 Å². The fourth-order valence-electron chi connectivity index (χ4n) is 0.366. The van der Waals surface area contributed by atoms with E-state index in [4.69, 9.17) is 0 Å². The second kappa shape index (κ2) is 7.18. The monoisotopic (exact) mass is 178 g/mol. The number of rotatable bonds is 4. The van der Waals surface area contributed by atoms with Crippen molar-refractivity contribution in [2.75, 3.05) is 6.67 Å². The van der Waals surface area contributed by atoms with E-state index in [1.165, 1.54) is 4.55 Å². The first-order valence-corrected chi connectivity index (χ1v) is 7.43. The lowest BCUT2D eigenvalue weighted by Gasteiger charge is -1.86. The molecule has 7 heavy (non-hydrogen) atoms. The Bertz CT molecular complexity index is 30.9. The molecular formula is C4H8BrFMg. The molecule has 0 heterocycles. The van der Waals surface area contributed by atoms with Crippen molar-refractivity contribution in [3.05, 3.63) is 0 Å². The molecule has 0 aliphatic carbocycles. The predicted octanol–water partition coefficient (Wildman–Crippen LogP) is 2.17. The van der Waals surface area contributed by atoms with E-state index in [1.807, 2.05) is 0 Å². The molecule has 0 nitrogen and oxygen atoms in total. The van der Waals surface area contributed by atoms with E-state index in [2.05, 4.69) is 12.9 Å². The van der Waals surface area contributed by atoms with Gasteiger partial charge in [0, 0.05) is 0 Å². The van der Waals surface area contributed by atoms with Gasteiger partial charge in [0.1, 0.15) is 0 Å². The number of alkyl halides is 1. The Hall–Kier alpha value is 1.18. The van der Waals surface area contributed by atoms with Crippen molar-refractivity contribution in [3.63, 3.8) is 0 Å². The molecule has 0 aliphatic heterocycles. The summed E-state index contributed by atoms with van der Waals surface area (Å²) in [4.78, 5) is 0. The maximum Gasteiger partial charge on any atom is 0.468 e. The summed E-state index contributed by atoms with van der Waals surface area (Å²) < 4.78 is 12.6. The van der Waals surface area contributed by atoms with Crippen LogP contribution in [0.5, 0.6) is 0 Å². The van der Waals surface area contributed by atoms with Crippen LogP contribution in [0.15, 0.2) is 0 Å². The Morgan fingerprint density at radius 2 is 2.14 bits per heavy atom. The number of halogens is 2. The molecule has 0 rings (SSSR count). The highest BCUT2D eigenvalue weighted by atomic mass is 79.9. The van der Waals surface area contributed by atoms with Gasteiger partial charge in [-0.05, 0) is 6.42 Å². The highest BCUT2D eigenvalue weighted by Gasteiger charge is 1.87. The molecule has 0 amide bonds. The number of hydrogen-bond acceptors (Lipinski definition) is 0. The number of unbranched alkanes of at least 4 members (excludes halogenated alkanes) is 1. The Balaban J connectivity index is 2.45. The van der Waals surface area contributed by atoms with Crippen molar-refractivity contribution >= 4 is 31.1 Å². The van der Waals surface area contributed by atoms with Gasteiger partial charge in [-0.3, -0.25) is 4.39 Å². The summed E-state index contributed by atoms with van der Waals surface area (Å²) in [6.07, 6.45) is 1.84. The molecule has 0 saturated carbocycles. The zero-order valence-corrected chi connectivity index (χ0v) is 7.29. The molecule has 0 N–H and O–H groups in total. The Morgan fingerprint density at radius 1 is 1.43 bits per heavy atom. The lowest BCUT2D eigenvalue weighted by atomic mass is 10.4. The summed E-state index contributed by atoms with van der Waals surface area (Å²) in [7, 11) is 0. The maximum absolute atomic E-state index is 11.3. The van der Waals surface area contributed by atoms with Crippen molar-refractivity contribution < 1.29 is 4.39 Å². The molecule has 0 saturated heterocycles. The molecule has 0 spiro atoms. The van der Waals surface area contributed by atoms with Crippen LogP contribution in [0.1, 0.15) is 12.8 Å². The lowest BCUT2D eigenvalue weighted by Crippen LogP contribution is -1.79. The van der Waals surface area contributed by atoms with E-state index in [9.17, 15) is 4.39 Å². The SMILES string of the molecule is FCCC[CH2][Mg][Br]. The van der Waals surface area contributed by atoms with Crippen LogP contribution in [-0.4, -0.2) is 24.9 Å². The topological polar surface area (TPSA) is 0 Å². The molecule has 0 bridgehead atoms. The maximum atomic E-state index is 11.3. The highest BCUT2D eigenvalue weighted by Crippen LogP contribution is 1.96. The van der Waals surface area contributed by atoms with Crippen molar-refractivity contribution in [2.45, 2.75) is 17.4 Å². The summed E-state index contributed by atoms with van der Waals surface area (Å²) in [5, 5.41) is 0. The van der Waals surface area contributed by atoms with Crippen LogP contribution in [0.2, 0.25) is 4.55 Å². The van der Waals surface area contributed by atoms with Crippen molar-refractivity contribution in [1.82, 2.24) is 0 Å². The van der Waals surface area contributed by atoms with E-state index < -0.39 is 0 Å². The molecule has 0 unspecified atom stereocenters. The first-order valence-electron chi connectivity index (χ1n) is 2.53. The fourth-order valence-corrected chi connectivity index (χ4v) is 2.10. The zero-order chi connectivity index (χ0) is 5.54. The minimum Gasteiger partial charge on any atom is -0.307 e. The van der Waals surface area contributed by atoms with Crippen molar-refractivity contribution in [1.29, 1.82) is 0 Å². The van der Waals surface area contributed by atoms with Crippen LogP contribution >= 0.6 is 12.9 Å². The van der Waals surface area contributed by atoms with Gasteiger partial charge in [-0.15, -0.1) is 4.55 Å². The average Bonchev–Trinajstić information content (AvgIpc) is 1.69. The van der Waals surface area contributed by atoms with E-state index in [0.717, 1.165) is 12.8 Å². The lowest BCUT2D eigenvalue weighted by molar-refractivity contribution is 0.469. The van der Waals surface area contributed by atoms with Gasteiger partial charge in [0.2, 0.25) is 0 Å². The van der Waals surface area contributed by atoms with Gasteiger partial charge in [0.25, 0.3) is 0 Å². The van der Waals surface area contributed by atoms with Crippen LogP contribution in [0, 0.1) is 0 Å². The van der Waals surface area contributed by atoms with Gasteiger partial charge < -0.3 is 12.9 Å². The summed E-state index contributed by atoms with van der Waals surface area (Å²) in [5.41, 5.74) is 0. The third kappa shape index (κ3) is 7.18. The molecule has 0 atom stereocenters. The van der Waals surface area contributed by atoms with Crippen LogP contribution in [0.25, 0.3) is 0 Å². The largest absolute Gasteiger partial charge is 0.468 e. The summed E-state index contributed by atoms with van der Waals surface area (Å²) in [5.74, 6) is 0. The molecule has 40 valence electrons.